The molecule has 3 aromatic carbocycles. The minimum atomic E-state index is -0.509. The van der Waals surface area contributed by atoms with E-state index < -0.39 is 11.2 Å². The van der Waals surface area contributed by atoms with Crippen LogP contribution in [0.5, 0.6) is 0 Å². The summed E-state index contributed by atoms with van der Waals surface area (Å²) in [7, 11) is 0. The molecule has 5 nitrogen and oxygen atoms in total. The molecule has 4 rings (SSSR count). The summed E-state index contributed by atoms with van der Waals surface area (Å²) in [5.41, 5.74) is 2.43. The van der Waals surface area contributed by atoms with Gasteiger partial charge in [0.25, 0.3) is 5.91 Å². The van der Waals surface area contributed by atoms with Crippen molar-refractivity contribution in [1.29, 1.82) is 5.26 Å². The van der Waals surface area contributed by atoms with E-state index in [-0.39, 0.29) is 18.0 Å². The molecule has 170 valence electrons. The van der Waals surface area contributed by atoms with Gasteiger partial charge in [0, 0.05) is 21.2 Å². The third-order valence-electron chi connectivity index (χ3n) is 5.25. The zero-order valence-electron chi connectivity index (χ0n) is 17.9. The lowest BCUT2D eigenvalue weighted by Gasteiger charge is -2.19. The smallest absolute Gasteiger partial charge is 0.264 e. The van der Waals surface area contributed by atoms with Gasteiger partial charge in [-0.25, -0.2) is 0 Å². The van der Waals surface area contributed by atoms with Gasteiger partial charge in [0.1, 0.15) is 16.7 Å². The summed E-state index contributed by atoms with van der Waals surface area (Å²) in [6.07, 6.45) is 0.464. The second-order valence-electron chi connectivity index (χ2n) is 7.51. The highest BCUT2D eigenvalue weighted by Crippen LogP contribution is 2.42. The van der Waals surface area contributed by atoms with Gasteiger partial charge in [-0.15, -0.1) is 0 Å². The Morgan fingerprint density at radius 2 is 1.68 bits per heavy atom. The number of benzene rings is 3. The Kier molecular flexibility index (Phi) is 7.88. The second-order valence-corrected chi connectivity index (χ2v) is 10.5. The Labute approximate surface area is 219 Å². The molecule has 8 heteroatoms. The van der Waals surface area contributed by atoms with Crippen LogP contribution in [0, 0.1) is 11.3 Å². The zero-order valence-corrected chi connectivity index (χ0v) is 21.9. The lowest BCUT2D eigenvalue weighted by Crippen LogP contribution is -2.32. The third kappa shape index (κ3) is 5.44. The number of rotatable bonds is 6. The number of nitrogens with one attached hydrogen (secondary N) is 1. The van der Waals surface area contributed by atoms with Crippen molar-refractivity contribution in [1.82, 2.24) is 5.32 Å². The van der Waals surface area contributed by atoms with Gasteiger partial charge in [-0.2, -0.15) is 5.26 Å². The Morgan fingerprint density at radius 3 is 2.35 bits per heavy atom. The molecule has 34 heavy (non-hydrogen) atoms. The molecule has 1 aliphatic rings. The van der Waals surface area contributed by atoms with Gasteiger partial charge in [0.2, 0.25) is 5.91 Å². The van der Waals surface area contributed by atoms with Gasteiger partial charge < -0.3 is 5.32 Å². The summed E-state index contributed by atoms with van der Waals surface area (Å²) in [5.74, 6) is -0.674. The van der Waals surface area contributed by atoms with Crippen molar-refractivity contribution in [2.24, 2.45) is 0 Å². The van der Waals surface area contributed by atoms with E-state index in [0.29, 0.717) is 17.1 Å². The predicted octanol–water partition coefficient (Wildman–Crippen LogP) is 5.95. The SMILES string of the molecule is N#C/C(C(=O)NCc1ccccc1)=C1/S[C@H](Cc2ccccc2Br)C(=O)N1c1ccc(Br)cc1. The summed E-state index contributed by atoms with van der Waals surface area (Å²) in [6, 6.07) is 26.5. The van der Waals surface area contributed by atoms with Crippen LogP contribution in [0.4, 0.5) is 5.69 Å². The molecule has 1 aliphatic heterocycles. The summed E-state index contributed by atoms with van der Waals surface area (Å²) >= 11 is 8.21. The van der Waals surface area contributed by atoms with Gasteiger partial charge in [0.15, 0.2) is 0 Å². The molecule has 0 aromatic heterocycles. The summed E-state index contributed by atoms with van der Waals surface area (Å²) in [6.45, 7) is 0.287. The van der Waals surface area contributed by atoms with Crippen LogP contribution in [0.15, 0.2) is 98.4 Å². The molecule has 0 saturated carbocycles. The van der Waals surface area contributed by atoms with E-state index in [9.17, 15) is 14.9 Å². The van der Waals surface area contributed by atoms with Gasteiger partial charge in [0.05, 0.1) is 5.25 Å². The summed E-state index contributed by atoms with van der Waals surface area (Å²) in [4.78, 5) is 28.1. The molecular weight excluding hydrogens is 578 g/mol. The maximum Gasteiger partial charge on any atom is 0.264 e. The Bertz CT molecular complexity index is 1290. The predicted molar refractivity (Wildman–Crippen MR) is 142 cm³/mol. The minimum Gasteiger partial charge on any atom is -0.347 e. The molecule has 1 saturated heterocycles. The van der Waals surface area contributed by atoms with Crippen LogP contribution in [-0.4, -0.2) is 17.1 Å². The number of nitriles is 1. The number of carbonyl (C=O) groups excluding carboxylic acids is 2. The second kappa shape index (κ2) is 11.0. The van der Waals surface area contributed by atoms with Gasteiger partial charge in [-0.05, 0) is 47.9 Å². The van der Waals surface area contributed by atoms with Crippen molar-refractivity contribution in [2.75, 3.05) is 4.90 Å². The van der Waals surface area contributed by atoms with Crippen LogP contribution in [0.3, 0.4) is 0 Å². The average molecular weight is 597 g/mol. The highest BCUT2D eigenvalue weighted by atomic mass is 79.9. The standard InChI is InChI=1S/C26H19Br2N3O2S/c27-19-10-12-20(13-11-19)31-25(33)23(14-18-8-4-5-9-22(18)28)34-26(31)21(15-29)24(32)30-16-17-6-2-1-3-7-17/h1-13,23H,14,16H2,(H,30,32)/b26-21-/t23-/m1/s1. The largest absolute Gasteiger partial charge is 0.347 e. The first-order chi connectivity index (χ1) is 16.5. The summed E-state index contributed by atoms with van der Waals surface area (Å²) < 4.78 is 1.78. The van der Waals surface area contributed by atoms with Crippen LogP contribution in [0.1, 0.15) is 11.1 Å². The Balaban J connectivity index is 1.68. The molecule has 1 N–H and O–H groups in total. The number of nitrogens with zero attached hydrogens (tertiary/aromatic N) is 2. The highest BCUT2D eigenvalue weighted by Gasteiger charge is 2.41. The maximum atomic E-state index is 13.5. The van der Waals surface area contributed by atoms with Crippen LogP contribution in [0.25, 0.3) is 0 Å². The Morgan fingerprint density at radius 1 is 1.00 bits per heavy atom. The number of thioether (sulfide) groups is 1. The number of amides is 2. The van der Waals surface area contributed by atoms with E-state index in [1.165, 1.54) is 16.7 Å². The molecule has 0 radical (unpaired) electrons. The van der Waals surface area contributed by atoms with E-state index in [0.717, 1.165) is 20.1 Å². The fraction of sp³-hybridized carbons (Fsp3) is 0.115. The molecule has 3 aromatic rings. The topological polar surface area (TPSA) is 73.2 Å². The Hall–Kier alpha value is -2.86. The molecule has 1 heterocycles. The van der Waals surface area contributed by atoms with Gasteiger partial charge in [-0.1, -0.05) is 92.2 Å². The number of carbonyl (C=O) groups is 2. The first-order valence-corrected chi connectivity index (χ1v) is 12.9. The van der Waals surface area contributed by atoms with Gasteiger partial charge >= 0.3 is 0 Å². The van der Waals surface area contributed by atoms with E-state index >= 15 is 0 Å². The monoisotopic (exact) mass is 595 g/mol. The number of anilines is 1. The lowest BCUT2D eigenvalue weighted by molar-refractivity contribution is -0.117. The van der Waals surface area contributed by atoms with Gasteiger partial charge in [-0.3, -0.25) is 14.5 Å². The lowest BCUT2D eigenvalue weighted by atomic mass is 10.1. The zero-order chi connectivity index (χ0) is 24.1. The van der Waals surface area contributed by atoms with Crippen molar-refractivity contribution in [3.8, 4) is 6.07 Å². The number of hydrogen-bond donors (Lipinski definition) is 1. The summed E-state index contributed by atoms with van der Waals surface area (Å²) in [5, 5.41) is 12.6. The molecule has 0 aliphatic carbocycles. The molecule has 1 atom stereocenters. The van der Waals surface area contributed by atoms with E-state index in [4.69, 9.17) is 0 Å². The first-order valence-electron chi connectivity index (χ1n) is 10.4. The van der Waals surface area contributed by atoms with Crippen molar-refractivity contribution in [3.05, 3.63) is 110 Å². The van der Waals surface area contributed by atoms with E-state index in [1.54, 1.807) is 12.1 Å². The van der Waals surface area contributed by atoms with Crippen molar-refractivity contribution in [2.45, 2.75) is 18.2 Å². The fourth-order valence-electron chi connectivity index (χ4n) is 3.54. The van der Waals surface area contributed by atoms with Crippen LogP contribution in [0.2, 0.25) is 0 Å². The quantitative estimate of drug-likeness (QED) is 0.282. The van der Waals surface area contributed by atoms with E-state index in [1.807, 2.05) is 72.8 Å². The minimum absolute atomic E-state index is 0.0770. The maximum absolute atomic E-state index is 13.5. The number of halogens is 2. The van der Waals surface area contributed by atoms with Crippen LogP contribution >= 0.6 is 43.6 Å². The van der Waals surface area contributed by atoms with E-state index in [2.05, 4.69) is 37.2 Å². The highest BCUT2D eigenvalue weighted by molar-refractivity contribution is 9.10. The molecule has 0 spiro atoms. The molecule has 1 fully saturated rings. The van der Waals surface area contributed by atoms with Crippen LogP contribution in [-0.2, 0) is 22.6 Å². The molecule has 0 bridgehead atoms. The van der Waals surface area contributed by atoms with Crippen LogP contribution < -0.4 is 10.2 Å². The van der Waals surface area contributed by atoms with Crippen molar-refractivity contribution in [3.63, 3.8) is 0 Å². The molecular formula is C26H19Br2N3O2S. The third-order valence-corrected chi connectivity index (χ3v) is 7.81. The number of hydrogen-bond acceptors (Lipinski definition) is 4. The average Bonchev–Trinajstić information content (AvgIpc) is 3.16. The molecule has 0 unspecified atom stereocenters. The normalized spacial score (nSPS) is 16.8. The van der Waals surface area contributed by atoms with Crippen molar-refractivity contribution >= 4 is 61.1 Å². The molecule has 2 amide bonds. The fourth-order valence-corrected chi connectivity index (χ4v) is 5.55. The van der Waals surface area contributed by atoms with Crippen molar-refractivity contribution < 1.29 is 9.59 Å². The first kappa shape index (κ1) is 24.3.